The number of carbonyl (C=O) groups is 2. The topological polar surface area (TPSA) is 114 Å². The first-order chi connectivity index (χ1) is 21.0. The molecule has 44 heavy (non-hydrogen) atoms. The molecule has 0 fully saturated rings. The van der Waals surface area contributed by atoms with Gasteiger partial charge in [-0.3, -0.25) is 13.9 Å². The highest BCUT2D eigenvalue weighted by molar-refractivity contribution is 7.92. The van der Waals surface area contributed by atoms with Crippen LogP contribution in [0.5, 0.6) is 17.2 Å². The van der Waals surface area contributed by atoms with Crippen LogP contribution in [0.4, 0.5) is 5.69 Å². The summed E-state index contributed by atoms with van der Waals surface area (Å²) in [5.41, 5.74) is 1.96. The van der Waals surface area contributed by atoms with Crippen molar-refractivity contribution in [3.05, 3.63) is 77.9 Å². The average molecular weight is 626 g/mol. The van der Waals surface area contributed by atoms with Crippen LogP contribution in [-0.2, 0) is 26.2 Å². The molecule has 0 saturated heterocycles. The van der Waals surface area contributed by atoms with E-state index in [0.717, 1.165) is 21.9 Å². The second kappa shape index (κ2) is 15.5. The molecule has 3 aromatic carbocycles. The van der Waals surface area contributed by atoms with Crippen molar-refractivity contribution in [2.45, 2.75) is 64.1 Å². The highest BCUT2D eigenvalue weighted by Gasteiger charge is 2.34. The van der Waals surface area contributed by atoms with E-state index in [0.29, 0.717) is 23.6 Å². The first-order valence-corrected chi connectivity index (χ1v) is 16.0. The summed E-state index contributed by atoms with van der Waals surface area (Å²) in [5.74, 6) is 0.360. The fourth-order valence-corrected chi connectivity index (χ4v) is 6.10. The van der Waals surface area contributed by atoms with Gasteiger partial charge in [-0.2, -0.15) is 0 Å². The third kappa shape index (κ3) is 8.22. The predicted molar refractivity (Wildman–Crippen MR) is 171 cm³/mol. The quantitative estimate of drug-likeness (QED) is 0.255. The Kier molecular flexibility index (Phi) is 12.0. The number of ether oxygens (including phenoxy) is 3. The molecule has 238 valence electrons. The molecule has 2 atom stereocenters. The molecule has 0 heterocycles. The third-order valence-electron chi connectivity index (χ3n) is 7.42. The molecule has 0 aliphatic heterocycles. The van der Waals surface area contributed by atoms with Crippen LogP contribution >= 0.6 is 0 Å². The lowest BCUT2D eigenvalue weighted by Crippen LogP contribution is -2.53. The molecule has 11 heteroatoms. The highest BCUT2D eigenvalue weighted by atomic mass is 32.2. The van der Waals surface area contributed by atoms with Crippen LogP contribution in [0.1, 0.15) is 44.7 Å². The predicted octanol–water partition coefficient (Wildman–Crippen LogP) is 4.94. The van der Waals surface area contributed by atoms with E-state index in [1.54, 1.807) is 49.6 Å². The number of benzene rings is 3. The Morgan fingerprint density at radius 3 is 2.14 bits per heavy atom. The van der Waals surface area contributed by atoms with Gasteiger partial charge < -0.3 is 24.4 Å². The summed E-state index contributed by atoms with van der Waals surface area (Å²) in [4.78, 5) is 29.1. The number of nitrogens with one attached hydrogen (secondary N) is 1. The van der Waals surface area contributed by atoms with Crippen LogP contribution < -0.4 is 23.8 Å². The lowest BCUT2D eigenvalue weighted by Gasteiger charge is -2.34. The summed E-state index contributed by atoms with van der Waals surface area (Å²) in [5, 5.41) is 2.98. The van der Waals surface area contributed by atoms with Crippen LogP contribution in [0.25, 0.3) is 0 Å². The van der Waals surface area contributed by atoms with Gasteiger partial charge >= 0.3 is 0 Å². The van der Waals surface area contributed by atoms with E-state index in [1.165, 1.54) is 37.3 Å². The summed E-state index contributed by atoms with van der Waals surface area (Å²) in [6.07, 6.45) is 1.04. The number of nitrogens with zero attached hydrogens (tertiary/aromatic N) is 2. The summed E-state index contributed by atoms with van der Waals surface area (Å²) >= 11 is 0. The van der Waals surface area contributed by atoms with Crippen molar-refractivity contribution in [2.75, 3.05) is 32.2 Å². The monoisotopic (exact) mass is 625 g/mol. The molecule has 0 aliphatic rings. The Morgan fingerprint density at radius 2 is 1.55 bits per heavy atom. The van der Waals surface area contributed by atoms with Crippen molar-refractivity contribution in [3.8, 4) is 17.2 Å². The number of sulfonamides is 1. The van der Waals surface area contributed by atoms with Crippen molar-refractivity contribution in [3.63, 3.8) is 0 Å². The van der Waals surface area contributed by atoms with Crippen LogP contribution in [-0.4, -0.2) is 65.1 Å². The van der Waals surface area contributed by atoms with Crippen molar-refractivity contribution in [2.24, 2.45) is 0 Å². The zero-order valence-electron chi connectivity index (χ0n) is 26.5. The van der Waals surface area contributed by atoms with Crippen molar-refractivity contribution < 1.29 is 32.2 Å². The van der Waals surface area contributed by atoms with Gasteiger partial charge in [-0.05, 0) is 68.7 Å². The Hall–Kier alpha value is -4.25. The number of carbonyl (C=O) groups excluding carboxylic acids is 2. The summed E-state index contributed by atoms with van der Waals surface area (Å²) in [6, 6.07) is 17.4. The fourth-order valence-electron chi connectivity index (χ4n) is 4.67. The Balaban J connectivity index is 2.10. The Morgan fingerprint density at radius 1 is 0.864 bits per heavy atom. The number of hydrogen-bond acceptors (Lipinski definition) is 7. The molecule has 0 aromatic heterocycles. The Bertz CT molecular complexity index is 1530. The largest absolute Gasteiger partial charge is 0.497 e. The third-order valence-corrected chi connectivity index (χ3v) is 9.19. The van der Waals surface area contributed by atoms with E-state index in [9.17, 15) is 18.0 Å². The van der Waals surface area contributed by atoms with Gasteiger partial charge in [0.25, 0.3) is 10.0 Å². The van der Waals surface area contributed by atoms with E-state index >= 15 is 0 Å². The van der Waals surface area contributed by atoms with Crippen LogP contribution in [0.3, 0.4) is 0 Å². The number of rotatable bonds is 15. The molecule has 2 unspecified atom stereocenters. The van der Waals surface area contributed by atoms with Crippen molar-refractivity contribution in [1.29, 1.82) is 0 Å². The molecular weight excluding hydrogens is 582 g/mol. The van der Waals surface area contributed by atoms with E-state index < -0.39 is 28.5 Å². The number of aryl methyl sites for hydroxylation is 1. The number of anilines is 1. The van der Waals surface area contributed by atoms with Gasteiger partial charge in [-0.25, -0.2) is 8.42 Å². The van der Waals surface area contributed by atoms with Gasteiger partial charge in [0.15, 0.2) is 11.5 Å². The number of methoxy groups -OCH3 is 3. The summed E-state index contributed by atoms with van der Waals surface area (Å²) < 4.78 is 45.5. The number of amides is 2. The van der Waals surface area contributed by atoms with Crippen LogP contribution in [0.2, 0.25) is 0 Å². The van der Waals surface area contributed by atoms with Crippen molar-refractivity contribution in [1.82, 2.24) is 10.2 Å². The first-order valence-electron chi connectivity index (χ1n) is 14.5. The fraction of sp³-hybridized carbons (Fsp3) is 0.394. The molecule has 0 saturated carbocycles. The van der Waals surface area contributed by atoms with E-state index in [4.69, 9.17) is 14.2 Å². The highest BCUT2D eigenvalue weighted by Crippen LogP contribution is 2.32. The maximum atomic E-state index is 14.3. The molecule has 10 nitrogen and oxygen atoms in total. The minimum absolute atomic E-state index is 0.0700. The molecule has 0 aliphatic carbocycles. The molecule has 0 spiro atoms. The lowest BCUT2D eigenvalue weighted by molar-refractivity contribution is -0.140. The maximum absolute atomic E-state index is 14.3. The zero-order chi connectivity index (χ0) is 32.4. The standard InChI is InChI=1S/C33H43N3O7S/c1-8-24(4)34-33(38)29(9-2)35(21-25-11-10-12-27(19-25)41-5)32(37)22-36(26-15-13-23(3)14-16-26)44(39,40)28-17-18-30(42-6)31(20-28)43-7/h10-20,24,29H,8-9,21-22H2,1-7H3,(H,34,38). The van der Waals surface area contributed by atoms with Gasteiger partial charge in [0.2, 0.25) is 11.8 Å². The summed E-state index contributed by atoms with van der Waals surface area (Å²) in [7, 11) is 0.146. The number of hydrogen-bond donors (Lipinski definition) is 1. The Labute approximate surface area is 261 Å². The molecule has 2 amide bonds. The minimum Gasteiger partial charge on any atom is -0.497 e. The molecule has 0 bridgehead atoms. The van der Waals surface area contributed by atoms with Gasteiger partial charge in [0.05, 0.1) is 31.9 Å². The maximum Gasteiger partial charge on any atom is 0.264 e. The molecule has 3 aromatic rings. The smallest absolute Gasteiger partial charge is 0.264 e. The lowest BCUT2D eigenvalue weighted by atomic mass is 10.1. The van der Waals surface area contributed by atoms with Gasteiger partial charge in [-0.15, -0.1) is 0 Å². The van der Waals surface area contributed by atoms with Crippen LogP contribution in [0, 0.1) is 6.92 Å². The SMILES string of the molecule is CCC(C)NC(=O)C(CC)N(Cc1cccc(OC)c1)C(=O)CN(c1ccc(C)cc1)S(=O)(=O)c1ccc(OC)c(OC)c1. The van der Waals surface area contributed by atoms with Gasteiger partial charge in [0, 0.05) is 18.7 Å². The van der Waals surface area contributed by atoms with E-state index in [2.05, 4.69) is 5.32 Å². The minimum atomic E-state index is -4.28. The van der Waals surface area contributed by atoms with Gasteiger partial charge in [-0.1, -0.05) is 43.7 Å². The van der Waals surface area contributed by atoms with E-state index in [1.807, 2.05) is 33.8 Å². The second-order valence-electron chi connectivity index (χ2n) is 10.5. The normalized spacial score (nSPS) is 12.5. The summed E-state index contributed by atoms with van der Waals surface area (Å²) in [6.45, 7) is 7.10. The molecule has 0 radical (unpaired) electrons. The van der Waals surface area contributed by atoms with Crippen molar-refractivity contribution >= 4 is 27.5 Å². The zero-order valence-corrected chi connectivity index (χ0v) is 27.3. The first kappa shape index (κ1) is 34.2. The van der Waals surface area contributed by atoms with Gasteiger partial charge in [0.1, 0.15) is 18.3 Å². The average Bonchev–Trinajstić information content (AvgIpc) is 3.03. The molecule has 1 N–H and O–H groups in total. The van der Waals surface area contributed by atoms with Crippen LogP contribution in [0.15, 0.2) is 71.6 Å². The second-order valence-corrected chi connectivity index (χ2v) is 12.3. The molecule has 3 rings (SSSR count). The molecular formula is C33H43N3O7S. The van der Waals surface area contributed by atoms with E-state index in [-0.39, 0.29) is 29.1 Å².